The van der Waals surface area contributed by atoms with Crippen molar-refractivity contribution in [1.29, 1.82) is 0 Å². The van der Waals surface area contributed by atoms with Crippen molar-refractivity contribution in [2.45, 2.75) is 0 Å². The number of nitrogens with one attached hydrogen (secondary N) is 2. The van der Waals surface area contributed by atoms with Gasteiger partial charge in [0, 0.05) is 22.4 Å². The third-order valence-electron chi connectivity index (χ3n) is 7.85. The van der Waals surface area contributed by atoms with Crippen molar-refractivity contribution in [3.8, 4) is 22.6 Å². The summed E-state index contributed by atoms with van der Waals surface area (Å²) in [6, 6.07) is 19.9. The van der Waals surface area contributed by atoms with E-state index in [0.29, 0.717) is 16.8 Å². The summed E-state index contributed by atoms with van der Waals surface area (Å²) in [5.41, 5.74) is 12.5. The fourth-order valence-corrected chi connectivity index (χ4v) is 6.76. The predicted octanol–water partition coefficient (Wildman–Crippen LogP) is -1.94. The average Bonchev–Trinajstić information content (AvgIpc) is 3.09. The van der Waals surface area contributed by atoms with E-state index in [-0.39, 0.29) is 110 Å². The molecule has 0 aliphatic heterocycles. The van der Waals surface area contributed by atoms with Crippen LogP contribution in [-0.2, 0) is 20.2 Å². The second-order valence-corrected chi connectivity index (χ2v) is 13.7. The first-order valence-corrected chi connectivity index (χ1v) is 17.5. The number of fused-ring (bicyclic) bond motifs is 2. The molecule has 0 unspecified atom stereocenters. The minimum absolute atomic E-state index is 0. The molecule has 0 amide bonds. The molecule has 0 aromatic heterocycles. The average molecular weight is 774 g/mol. The number of allylic oxidation sites excluding steroid dienone is 2. The van der Waals surface area contributed by atoms with Crippen LogP contribution in [0.2, 0.25) is 0 Å². The van der Waals surface area contributed by atoms with Crippen LogP contribution >= 0.6 is 0 Å². The van der Waals surface area contributed by atoms with Gasteiger partial charge in [0.1, 0.15) is 43.2 Å². The molecule has 0 saturated carbocycles. The molecule has 0 bridgehead atoms. The van der Waals surface area contributed by atoms with E-state index < -0.39 is 47.3 Å². The maximum atomic E-state index is 13.2. The predicted molar refractivity (Wildman–Crippen MR) is 188 cm³/mol. The molecule has 6 rings (SSSR count). The van der Waals surface area contributed by atoms with E-state index >= 15 is 0 Å². The summed E-state index contributed by atoms with van der Waals surface area (Å²) in [5, 5.41) is 8.06. The number of methoxy groups -OCH3 is 2. The Morgan fingerprint density at radius 3 is 1.74 bits per heavy atom. The van der Waals surface area contributed by atoms with E-state index in [0.717, 1.165) is 12.2 Å². The van der Waals surface area contributed by atoms with Crippen molar-refractivity contribution >= 4 is 71.3 Å². The van der Waals surface area contributed by atoms with Gasteiger partial charge in [-0.15, -0.1) is 0 Å². The summed E-state index contributed by atoms with van der Waals surface area (Å²) < 4.78 is 83.0. The van der Waals surface area contributed by atoms with Crippen molar-refractivity contribution < 1.29 is 104 Å². The molecular weight excluding hydrogens is 749 g/mol. The molecule has 53 heavy (non-hydrogen) atoms. The first-order chi connectivity index (χ1) is 24.2. The smallest absolute Gasteiger partial charge is 0.744 e. The third kappa shape index (κ3) is 8.65. The fraction of sp³-hybridized carbons (Fsp3) is 0.0588. The number of carbonyl (C=O) groups is 2. The Morgan fingerprint density at radius 1 is 0.642 bits per heavy atom. The topological polar surface area (TPSA) is 242 Å². The Hall–Kier alpha value is -4.14. The number of hydrazone groups is 2. The Balaban J connectivity index is 0.00000314. The zero-order chi connectivity index (χ0) is 36.7. The number of nitrogen functional groups attached to an aromatic ring is 1. The van der Waals surface area contributed by atoms with Crippen LogP contribution in [0, 0.1) is 0 Å². The van der Waals surface area contributed by atoms with Gasteiger partial charge >= 0.3 is 59.1 Å². The number of nitrogens with zero attached hydrogens (tertiary/aromatic N) is 2. The van der Waals surface area contributed by atoms with Crippen LogP contribution in [0.25, 0.3) is 22.1 Å². The van der Waals surface area contributed by atoms with Crippen LogP contribution in [-0.4, -0.2) is 63.2 Å². The van der Waals surface area contributed by atoms with Gasteiger partial charge in [-0.25, -0.2) is 16.8 Å². The zero-order valence-electron chi connectivity index (χ0n) is 28.5. The number of ether oxygens (including phenoxy) is 2. The summed E-state index contributed by atoms with van der Waals surface area (Å²) in [6.07, 6.45) is 1.97. The van der Waals surface area contributed by atoms with E-state index in [1.165, 1.54) is 56.7 Å². The van der Waals surface area contributed by atoms with Gasteiger partial charge in [0.2, 0.25) is 11.6 Å². The molecule has 0 heterocycles. The largest absolute Gasteiger partial charge is 1.00 e. The zero-order valence-corrected chi connectivity index (χ0v) is 34.2. The van der Waals surface area contributed by atoms with Crippen molar-refractivity contribution in [3.63, 3.8) is 0 Å². The number of rotatable bonds is 9. The number of ketones is 2. The number of anilines is 3. The van der Waals surface area contributed by atoms with Crippen LogP contribution in [0.4, 0.5) is 17.1 Å². The molecular formula is C34H25N5Na2O10S2. The minimum Gasteiger partial charge on any atom is -0.744 e. The quantitative estimate of drug-likeness (QED) is 0.0727. The van der Waals surface area contributed by atoms with Crippen LogP contribution in [0.15, 0.2) is 100 Å². The van der Waals surface area contributed by atoms with Gasteiger partial charge in [0.05, 0.1) is 35.4 Å². The molecule has 4 aromatic rings. The van der Waals surface area contributed by atoms with Crippen LogP contribution in [0.3, 0.4) is 0 Å². The van der Waals surface area contributed by atoms with Crippen molar-refractivity contribution in [2.75, 3.05) is 30.8 Å². The number of hydrogen-bond acceptors (Lipinski definition) is 15. The van der Waals surface area contributed by atoms with Gasteiger partial charge in [-0.05, 0) is 71.3 Å². The Kier molecular flexibility index (Phi) is 12.9. The van der Waals surface area contributed by atoms with Crippen molar-refractivity contribution in [1.82, 2.24) is 0 Å². The Bertz CT molecular complexity index is 2520. The number of benzene rings is 4. The van der Waals surface area contributed by atoms with Crippen LogP contribution in [0.1, 0.15) is 31.8 Å². The fourth-order valence-electron chi connectivity index (χ4n) is 5.41. The Morgan fingerprint density at radius 2 is 1.19 bits per heavy atom. The van der Waals surface area contributed by atoms with Crippen molar-refractivity contribution in [3.05, 3.63) is 112 Å². The Labute approximate surface area is 348 Å². The molecule has 2 aliphatic rings. The molecule has 0 saturated heterocycles. The summed E-state index contributed by atoms with van der Waals surface area (Å²) in [4.78, 5) is 24.8. The van der Waals surface area contributed by atoms with E-state index in [4.69, 9.17) is 15.2 Å². The maximum Gasteiger partial charge on any atom is 1.00 e. The van der Waals surface area contributed by atoms with E-state index in [1.807, 2.05) is 0 Å². The van der Waals surface area contributed by atoms with Crippen molar-refractivity contribution in [2.24, 2.45) is 10.2 Å². The third-order valence-corrected chi connectivity index (χ3v) is 9.58. The number of carbonyl (C=O) groups excluding carboxylic acids is 2. The molecule has 2 aliphatic carbocycles. The van der Waals surface area contributed by atoms with E-state index in [1.54, 1.807) is 36.4 Å². The van der Waals surface area contributed by atoms with Gasteiger partial charge in [-0.2, -0.15) is 10.2 Å². The molecule has 0 fully saturated rings. The SMILES string of the molecule is COc1cc(-c2ccc(N/N=C3\C(=O)c4ccc(N)cc4C=C3S(=O)(=O)[O-])c(OC)c2)ccc1N/N=C1/C=C(S(=O)(=O)[O-])c2ccccc2C1=O.[Na+].[Na+]. The standard InChI is InChI=1S/C34H27N5O10S2.2Na/c1-48-28-14-18(7-11-25(28)36-38-27-17-30(50(42,43)44)23-5-3-4-6-24(23)33(27)40)19-8-12-26(29(15-19)49-2)37-39-32-31(51(45,46)47)16-20-13-21(35)9-10-22(20)34(32)41;;/h3-17,36-37H,35H2,1-2H3,(H,42,43,44)(H,45,46,47);;/q;2*+1/p-2/b38-27-,39-32-;;. The molecule has 260 valence electrons. The van der Waals surface area contributed by atoms with E-state index in [2.05, 4.69) is 21.1 Å². The second kappa shape index (κ2) is 16.5. The molecule has 15 nitrogen and oxygen atoms in total. The summed E-state index contributed by atoms with van der Waals surface area (Å²) in [5.74, 6) is -0.856. The number of Topliss-reactive ketones (excluding diaryl/α,β-unsaturated/α-hetero) is 2. The molecule has 0 radical (unpaired) electrons. The molecule has 0 atom stereocenters. The first kappa shape index (κ1) is 41.6. The summed E-state index contributed by atoms with van der Waals surface area (Å²) in [6.45, 7) is 0. The number of hydrogen-bond donors (Lipinski definition) is 3. The molecule has 0 spiro atoms. The normalized spacial score (nSPS) is 15.2. The minimum atomic E-state index is -5.10. The first-order valence-electron chi connectivity index (χ1n) is 14.7. The van der Waals surface area contributed by atoms with Gasteiger partial charge in [0.15, 0.2) is 0 Å². The van der Waals surface area contributed by atoms with Crippen LogP contribution < -0.4 is 85.2 Å². The van der Waals surface area contributed by atoms with Gasteiger partial charge in [-0.1, -0.05) is 36.4 Å². The summed E-state index contributed by atoms with van der Waals surface area (Å²) >= 11 is 0. The number of nitrogens with two attached hydrogens (primary N) is 1. The van der Waals surface area contributed by atoms with Crippen LogP contribution in [0.5, 0.6) is 11.5 Å². The molecule has 4 N–H and O–H groups in total. The van der Waals surface area contributed by atoms with E-state index in [9.17, 15) is 35.5 Å². The second-order valence-electron chi connectivity index (χ2n) is 11.0. The summed E-state index contributed by atoms with van der Waals surface area (Å²) in [7, 11) is -7.24. The van der Waals surface area contributed by atoms with Gasteiger partial charge in [0.25, 0.3) is 0 Å². The molecule has 4 aromatic carbocycles. The van der Waals surface area contributed by atoms with Gasteiger partial charge < -0.3 is 24.3 Å². The maximum absolute atomic E-state index is 13.2. The molecule has 19 heteroatoms. The van der Waals surface area contributed by atoms with Gasteiger partial charge in [-0.3, -0.25) is 20.4 Å². The monoisotopic (exact) mass is 773 g/mol.